The quantitative estimate of drug-likeness (QED) is 0.605. The molecule has 0 saturated heterocycles. The monoisotopic (exact) mass is 338 g/mol. The van der Waals surface area contributed by atoms with Crippen molar-refractivity contribution in [3.8, 4) is 0 Å². The van der Waals surface area contributed by atoms with Crippen LogP contribution in [-0.2, 0) is 4.79 Å². The van der Waals surface area contributed by atoms with Gasteiger partial charge in [-0.3, -0.25) is 14.9 Å². The van der Waals surface area contributed by atoms with Gasteiger partial charge in [0.2, 0.25) is 0 Å². The molecular weight excluding hydrogens is 324 g/mol. The Morgan fingerprint density at radius 1 is 1.39 bits per heavy atom. The lowest BCUT2D eigenvalue weighted by molar-refractivity contribution is -0.383. The molecule has 0 aliphatic heterocycles. The summed E-state index contributed by atoms with van der Waals surface area (Å²) in [5.41, 5.74) is -0.0253. The van der Waals surface area contributed by atoms with Gasteiger partial charge >= 0.3 is 5.97 Å². The molecule has 0 fully saturated rings. The van der Waals surface area contributed by atoms with E-state index >= 15 is 0 Å². The van der Waals surface area contributed by atoms with E-state index in [0.29, 0.717) is 0 Å². The van der Waals surface area contributed by atoms with Gasteiger partial charge in [0.05, 0.1) is 16.7 Å². The maximum Gasteiger partial charge on any atom is 0.326 e. The van der Waals surface area contributed by atoms with Crippen LogP contribution in [0.4, 0.5) is 5.69 Å². The summed E-state index contributed by atoms with van der Waals surface area (Å²) in [6.07, 6.45) is 0.254. The third-order valence-corrected chi connectivity index (χ3v) is 3.65. The molecule has 1 amide bonds. The smallest absolute Gasteiger partial charge is 0.326 e. The van der Waals surface area contributed by atoms with Crippen molar-refractivity contribution >= 4 is 40.3 Å². The first-order valence-electron chi connectivity index (χ1n) is 6.74. The molecular formula is C13H14N4O5S. The van der Waals surface area contributed by atoms with E-state index < -0.39 is 22.8 Å². The van der Waals surface area contributed by atoms with Crippen molar-refractivity contribution in [1.29, 1.82) is 0 Å². The third kappa shape index (κ3) is 3.77. The maximum absolute atomic E-state index is 12.2. The number of carbonyl (C=O) groups is 2. The molecule has 10 heteroatoms. The zero-order valence-electron chi connectivity index (χ0n) is 12.3. The largest absolute Gasteiger partial charge is 0.480 e. The summed E-state index contributed by atoms with van der Waals surface area (Å²) in [5, 5.41) is 22.6. The highest BCUT2D eigenvalue weighted by molar-refractivity contribution is 7.00. The predicted molar refractivity (Wildman–Crippen MR) is 82.4 cm³/mol. The molecule has 23 heavy (non-hydrogen) atoms. The van der Waals surface area contributed by atoms with Gasteiger partial charge in [0.25, 0.3) is 11.6 Å². The number of nitrogens with one attached hydrogen (secondary N) is 1. The average Bonchev–Trinajstić information content (AvgIpc) is 2.92. The second-order valence-electron chi connectivity index (χ2n) is 5.38. The van der Waals surface area contributed by atoms with Crippen LogP contribution in [0.3, 0.4) is 0 Å². The van der Waals surface area contributed by atoms with E-state index in [-0.39, 0.29) is 34.6 Å². The van der Waals surface area contributed by atoms with E-state index in [2.05, 4.69) is 14.1 Å². The fourth-order valence-corrected chi connectivity index (χ4v) is 2.61. The Balaban J connectivity index is 2.33. The number of aromatic nitrogens is 2. The van der Waals surface area contributed by atoms with Crippen molar-refractivity contribution in [2.75, 3.05) is 0 Å². The summed E-state index contributed by atoms with van der Waals surface area (Å²) in [6, 6.07) is 1.37. The van der Waals surface area contributed by atoms with Gasteiger partial charge in [-0.15, -0.1) is 0 Å². The van der Waals surface area contributed by atoms with Crippen molar-refractivity contribution < 1.29 is 19.6 Å². The van der Waals surface area contributed by atoms with Crippen LogP contribution in [0.5, 0.6) is 0 Å². The summed E-state index contributed by atoms with van der Waals surface area (Å²) < 4.78 is 7.73. The number of aliphatic carboxylic acids is 1. The van der Waals surface area contributed by atoms with Gasteiger partial charge in [-0.1, -0.05) is 13.8 Å². The standard InChI is InChI=1S/C13H14N4O5S/c1-6(2)3-9(13(19)20)14-12(18)7-4-8-11(16-23-15-8)10(5-7)17(21)22/h4-6,9H,3H2,1-2H3,(H,14,18)(H,19,20). The summed E-state index contributed by atoms with van der Waals surface area (Å²) in [7, 11) is 0. The molecule has 1 aromatic heterocycles. The lowest BCUT2D eigenvalue weighted by Crippen LogP contribution is -2.41. The summed E-state index contributed by atoms with van der Waals surface area (Å²) in [5.74, 6) is -1.79. The Bertz CT molecular complexity index is 773. The highest BCUT2D eigenvalue weighted by Crippen LogP contribution is 2.26. The first-order valence-corrected chi connectivity index (χ1v) is 7.47. The van der Waals surface area contributed by atoms with Gasteiger partial charge in [0.1, 0.15) is 11.6 Å². The Morgan fingerprint density at radius 2 is 2.09 bits per heavy atom. The van der Waals surface area contributed by atoms with Gasteiger partial charge in [0, 0.05) is 11.6 Å². The van der Waals surface area contributed by atoms with Crippen LogP contribution < -0.4 is 5.32 Å². The van der Waals surface area contributed by atoms with E-state index in [9.17, 15) is 19.7 Å². The Morgan fingerprint density at radius 3 is 2.65 bits per heavy atom. The third-order valence-electron chi connectivity index (χ3n) is 3.11. The fraction of sp³-hybridized carbons (Fsp3) is 0.385. The molecule has 0 aliphatic rings. The topological polar surface area (TPSA) is 135 Å². The second kappa shape index (κ2) is 6.65. The highest BCUT2D eigenvalue weighted by Gasteiger charge is 2.24. The van der Waals surface area contributed by atoms with E-state index in [1.807, 2.05) is 13.8 Å². The number of hydrogen-bond acceptors (Lipinski definition) is 7. The average molecular weight is 338 g/mol. The van der Waals surface area contributed by atoms with Gasteiger partial charge in [-0.25, -0.2) is 4.79 Å². The number of carboxylic acid groups (broad SMARTS) is 1. The number of nitro groups is 1. The van der Waals surface area contributed by atoms with Gasteiger partial charge < -0.3 is 10.4 Å². The van der Waals surface area contributed by atoms with E-state index in [1.165, 1.54) is 6.07 Å². The SMILES string of the molecule is CC(C)CC(NC(=O)c1cc([N+](=O)[O-])c2nsnc2c1)C(=O)O. The number of benzene rings is 1. The number of nitrogens with zero attached hydrogens (tertiary/aromatic N) is 3. The summed E-state index contributed by atoms with van der Waals surface area (Å²) in [6.45, 7) is 3.67. The molecule has 1 unspecified atom stereocenters. The van der Waals surface area contributed by atoms with Crippen LogP contribution in [0.1, 0.15) is 30.6 Å². The summed E-state index contributed by atoms with van der Waals surface area (Å²) in [4.78, 5) is 33.9. The number of non-ortho nitro benzene ring substituents is 1. The molecule has 2 aromatic rings. The van der Waals surface area contributed by atoms with Crippen molar-refractivity contribution in [3.63, 3.8) is 0 Å². The van der Waals surface area contributed by atoms with Crippen molar-refractivity contribution in [3.05, 3.63) is 27.8 Å². The second-order valence-corrected chi connectivity index (χ2v) is 5.91. The Hall–Kier alpha value is -2.62. The van der Waals surface area contributed by atoms with Crippen LogP contribution in [0, 0.1) is 16.0 Å². The molecule has 2 N–H and O–H groups in total. The van der Waals surface area contributed by atoms with Crippen LogP contribution in [0.2, 0.25) is 0 Å². The Kier molecular flexibility index (Phi) is 4.84. The number of hydrogen-bond donors (Lipinski definition) is 2. The van der Waals surface area contributed by atoms with Crippen molar-refractivity contribution in [1.82, 2.24) is 14.1 Å². The van der Waals surface area contributed by atoms with Gasteiger partial charge in [-0.05, 0) is 18.4 Å². The summed E-state index contributed by atoms with van der Waals surface area (Å²) >= 11 is 0.802. The van der Waals surface area contributed by atoms with Crippen LogP contribution >= 0.6 is 11.7 Å². The van der Waals surface area contributed by atoms with Gasteiger partial charge in [-0.2, -0.15) is 8.75 Å². The van der Waals surface area contributed by atoms with E-state index in [0.717, 1.165) is 17.8 Å². The van der Waals surface area contributed by atoms with E-state index in [4.69, 9.17) is 5.11 Å². The van der Waals surface area contributed by atoms with Crippen LogP contribution in [0.15, 0.2) is 12.1 Å². The minimum Gasteiger partial charge on any atom is -0.480 e. The number of carbonyl (C=O) groups excluding carboxylic acids is 1. The van der Waals surface area contributed by atoms with Crippen molar-refractivity contribution in [2.45, 2.75) is 26.3 Å². The zero-order valence-corrected chi connectivity index (χ0v) is 13.2. The maximum atomic E-state index is 12.2. The number of fused-ring (bicyclic) bond motifs is 1. The first kappa shape index (κ1) is 16.7. The molecule has 0 aliphatic carbocycles. The highest BCUT2D eigenvalue weighted by atomic mass is 32.1. The van der Waals surface area contributed by atoms with Gasteiger partial charge in [0.15, 0.2) is 5.52 Å². The first-order chi connectivity index (χ1) is 10.8. The van der Waals surface area contributed by atoms with Crippen LogP contribution in [-0.4, -0.2) is 36.7 Å². The Labute approximate surface area is 134 Å². The molecule has 9 nitrogen and oxygen atoms in total. The normalized spacial score (nSPS) is 12.3. The molecule has 122 valence electrons. The predicted octanol–water partition coefficient (Wildman–Crippen LogP) is 1.83. The molecule has 0 saturated carbocycles. The molecule has 2 rings (SSSR count). The fourth-order valence-electron chi connectivity index (χ4n) is 2.08. The number of carboxylic acids is 1. The molecule has 0 bridgehead atoms. The molecule has 0 spiro atoms. The molecule has 1 aromatic carbocycles. The lowest BCUT2D eigenvalue weighted by atomic mass is 10.0. The molecule has 0 radical (unpaired) electrons. The minimum absolute atomic E-state index is 0.0214. The lowest BCUT2D eigenvalue weighted by Gasteiger charge is -2.16. The van der Waals surface area contributed by atoms with Crippen LogP contribution in [0.25, 0.3) is 11.0 Å². The molecule has 1 heterocycles. The van der Waals surface area contributed by atoms with Crippen molar-refractivity contribution in [2.24, 2.45) is 5.92 Å². The van der Waals surface area contributed by atoms with E-state index in [1.54, 1.807) is 0 Å². The number of nitro benzene ring substituents is 1. The molecule has 1 atom stereocenters. The zero-order chi connectivity index (χ0) is 17.1. The number of amides is 1. The minimum atomic E-state index is -1.15. The number of rotatable bonds is 6.